The highest BCUT2D eigenvalue weighted by Gasteiger charge is 2.10. The Morgan fingerprint density at radius 1 is 1.37 bits per heavy atom. The smallest absolute Gasteiger partial charge is 0.222 e. The minimum Gasteiger partial charge on any atom is -0.346 e. The number of benzene rings is 1. The van der Waals surface area contributed by atoms with E-state index in [0.29, 0.717) is 6.42 Å². The summed E-state index contributed by atoms with van der Waals surface area (Å²) in [5.41, 5.74) is 1.04. The lowest BCUT2D eigenvalue weighted by Crippen LogP contribution is -2.27. The van der Waals surface area contributed by atoms with Crippen LogP contribution in [-0.2, 0) is 11.2 Å². The van der Waals surface area contributed by atoms with Gasteiger partial charge in [0.25, 0.3) is 0 Å². The first-order valence-corrected chi connectivity index (χ1v) is 7.60. The second-order valence-electron chi connectivity index (χ2n) is 4.74. The Balaban J connectivity index is 1.89. The number of carbonyl (C=O) groups excluding carboxylic acids is 1. The number of fused-ring (bicyclic) bond motifs is 1. The number of para-hydroxylation sites is 1. The second-order valence-corrected chi connectivity index (χ2v) is 5.86. The van der Waals surface area contributed by atoms with Gasteiger partial charge in [-0.1, -0.05) is 25.5 Å². The van der Waals surface area contributed by atoms with Gasteiger partial charge in [-0.2, -0.15) is 0 Å². The largest absolute Gasteiger partial charge is 0.346 e. The zero-order valence-corrected chi connectivity index (χ0v) is 12.4. The van der Waals surface area contributed by atoms with E-state index in [2.05, 4.69) is 18.0 Å². The number of amides is 1. The van der Waals surface area contributed by atoms with E-state index in [1.165, 1.54) is 4.70 Å². The molecule has 4 heteroatoms. The first kappa shape index (κ1) is 14.0. The number of hydrogen-bond donors (Lipinski definition) is 0. The highest BCUT2D eigenvalue weighted by Crippen LogP contribution is 2.22. The van der Waals surface area contributed by atoms with Gasteiger partial charge in [0.1, 0.15) is 0 Å². The Morgan fingerprint density at radius 2 is 2.16 bits per heavy atom. The SMILES string of the molecule is CCCCN(C)C(=O)CCc1nc2ccccc2s1. The number of thiazole rings is 1. The van der Waals surface area contributed by atoms with Gasteiger partial charge in [0.15, 0.2) is 0 Å². The fraction of sp³-hybridized carbons (Fsp3) is 0.467. The average Bonchev–Trinajstić information content (AvgIpc) is 2.84. The molecule has 0 aliphatic rings. The molecular weight excluding hydrogens is 256 g/mol. The van der Waals surface area contributed by atoms with Crippen LogP contribution in [0.1, 0.15) is 31.2 Å². The van der Waals surface area contributed by atoms with Crippen molar-refractivity contribution in [1.29, 1.82) is 0 Å². The van der Waals surface area contributed by atoms with Gasteiger partial charge in [0, 0.05) is 26.4 Å². The lowest BCUT2D eigenvalue weighted by molar-refractivity contribution is -0.129. The third kappa shape index (κ3) is 3.77. The molecule has 0 saturated carbocycles. The predicted molar refractivity (Wildman–Crippen MR) is 80.5 cm³/mol. The van der Waals surface area contributed by atoms with Crippen LogP contribution in [0.2, 0.25) is 0 Å². The average molecular weight is 276 g/mol. The molecule has 1 heterocycles. The standard InChI is InChI=1S/C15H20N2OS/c1-3-4-11-17(2)15(18)10-9-14-16-12-7-5-6-8-13(12)19-14/h5-8H,3-4,9-11H2,1-2H3. The van der Waals surface area contributed by atoms with Gasteiger partial charge in [0.05, 0.1) is 15.2 Å². The molecule has 102 valence electrons. The summed E-state index contributed by atoms with van der Waals surface area (Å²) in [5.74, 6) is 0.215. The molecule has 2 rings (SSSR count). The van der Waals surface area contributed by atoms with Crippen molar-refractivity contribution in [2.24, 2.45) is 0 Å². The highest BCUT2D eigenvalue weighted by atomic mass is 32.1. The van der Waals surface area contributed by atoms with E-state index in [1.54, 1.807) is 11.3 Å². The summed E-state index contributed by atoms with van der Waals surface area (Å²) >= 11 is 1.69. The Bertz CT molecular complexity index is 517. The zero-order chi connectivity index (χ0) is 13.7. The van der Waals surface area contributed by atoms with E-state index >= 15 is 0 Å². The molecule has 0 atom stereocenters. The summed E-state index contributed by atoms with van der Waals surface area (Å²) in [6.07, 6.45) is 3.49. The molecule has 1 aromatic heterocycles. The molecule has 0 fully saturated rings. The molecule has 0 bridgehead atoms. The molecule has 0 spiro atoms. The number of aromatic nitrogens is 1. The minimum atomic E-state index is 0.215. The maximum atomic E-state index is 11.9. The summed E-state index contributed by atoms with van der Waals surface area (Å²) in [5, 5.41) is 1.05. The molecule has 0 N–H and O–H groups in total. The Hall–Kier alpha value is -1.42. The van der Waals surface area contributed by atoms with E-state index < -0.39 is 0 Å². The molecule has 0 aliphatic heterocycles. The molecule has 0 radical (unpaired) electrons. The number of unbranched alkanes of at least 4 members (excludes halogenated alkanes) is 1. The first-order chi connectivity index (χ1) is 9.20. The van der Waals surface area contributed by atoms with Crippen LogP contribution in [0.4, 0.5) is 0 Å². The maximum Gasteiger partial charge on any atom is 0.222 e. The van der Waals surface area contributed by atoms with Crippen molar-refractivity contribution in [3.05, 3.63) is 29.3 Å². The summed E-state index contributed by atoms with van der Waals surface area (Å²) < 4.78 is 1.20. The molecule has 19 heavy (non-hydrogen) atoms. The van der Waals surface area contributed by atoms with Crippen LogP contribution in [0.5, 0.6) is 0 Å². The summed E-state index contributed by atoms with van der Waals surface area (Å²) in [6.45, 7) is 2.99. The number of carbonyl (C=O) groups is 1. The summed E-state index contributed by atoms with van der Waals surface area (Å²) in [4.78, 5) is 18.3. The van der Waals surface area contributed by atoms with Gasteiger partial charge in [0.2, 0.25) is 5.91 Å². The van der Waals surface area contributed by atoms with Gasteiger partial charge in [-0.05, 0) is 18.6 Å². The molecule has 0 aliphatic carbocycles. The van der Waals surface area contributed by atoms with Crippen molar-refractivity contribution >= 4 is 27.5 Å². The highest BCUT2D eigenvalue weighted by molar-refractivity contribution is 7.18. The number of aryl methyl sites for hydroxylation is 1. The summed E-state index contributed by atoms with van der Waals surface area (Å²) in [6, 6.07) is 8.11. The van der Waals surface area contributed by atoms with E-state index in [1.807, 2.05) is 30.1 Å². The van der Waals surface area contributed by atoms with Gasteiger partial charge >= 0.3 is 0 Å². The fourth-order valence-corrected chi connectivity index (χ4v) is 2.92. The molecular formula is C15H20N2OS. The van der Waals surface area contributed by atoms with Crippen LogP contribution < -0.4 is 0 Å². The third-order valence-electron chi connectivity index (χ3n) is 3.16. The van der Waals surface area contributed by atoms with Crippen LogP contribution in [0, 0.1) is 0 Å². The van der Waals surface area contributed by atoms with Gasteiger partial charge in [-0.25, -0.2) is 4.98 Å². The van der Waals surface area contributed by atoms with Crippen LogP contribution >= 0.6 is 11.3 Å². The molecule has 3 nitrogen and oxygen atoms in total. The van der Waals surface area contributed by atoms with Crippen LogP contribution in [0.3, 0.4) is 0 Å². The quantitative estimate of drug-likeness (QED) is 0.809. The summed E-state index contributed by atoms with van der Waals surface area (Å²) in [7, 11) is 1.89. The van der Waals surface area contributed by atoms with Crippen molar-refractivity contribution in [2.45, 2.75) is 32.6 Å². The van der Waals surface area contributed by atoms with Crippen LogP contribution in [-0.4, -0.2) is 29.4 Å². The molecule has 2 aromatic rings. The Kier molecular flexibility index (Phi) is 4.91. The maximum absolute atomic E-state index is 11.9. The van der Waals surface area contributed by atoms with Gasteiger partial charge in [-0.3, -0.25) is 4.79 Å². The van der Waals surface area contributed by atoms with Gasteiger partial charge < -0.3 is 4.90 Å². The topological polar surface area (TPSA) is 33.2 Å². The lowest BCUT2D eigenvalue weighted by Gasteiger charge is -2.16. The lowest BCUT2D eigenvalue weighted by atomic mass is 10.2. The second kappa shape index (κ2) is 6.66. The number of nitrogens with zero attached hydrogens (tertiary/aromatic N) is 2. The molecule has 0 unspecified atom stereocenters. The monoisotopic (exact) mass is 276 g/mol. The van der Waals surface area contributed by atoms with E-state index in [-0.39, 0.29) is 5.91 Å². The van der Waals surface area contributed by atoms with Crippen molar-refractivity contribution in [1.82, 2.24) is 9.88 Å². The molecule has 0 saturated heterocycles. The van der Waals surface area contributed by atoms with Crippen molar-refractivity contribution in [3.8, 4) is 0 Å². The number of hydrogen-bond acceptors (Lipinski definition) is 3. The van der Waals surface area contributed by atoms with Crippen LogP contribution in [0.15, 0.2) is 24.3 Å². The van der Waals surface area contributed by atoms with Crippen molar-refractivity contribution in [2.75, 3.05) is 13.6 Å². The molecule has 1 aromatic carbocycles. The Labute approximate surface area is 118 Å². The third-order valence-corrected chi connectivity index (χ3v) is 4.26. The number of rotatable bonds is 6. The van der Waals surface area contributed by atoms with Crippen LogP contribution in [0.25, 0.3) is 10.2 Å². The predicted octanol–water partition coefficient (Wildman–Crippen LogP) is 3.49. The van der Waals surface area contributed by atoms with E-state index in [9.17, 15) is 4.79 Å². The van der Waals surface area contributed by atoms with Gasteiger partial charge in [-0.15, -0.1) is 11.3 Å². The van der Waals surface area contributed by atoms with Crippen molar-refractivity contribution < 1.29 is 4.79 Å². The normalized spacial score (nSPS) is 10.8. The zero-order valence-electron chi connectivity index (χ0n) is 11.6. The fourth-order valence-electron chi connectivity index (χ4n) is 1.95. The first-order valence-electron chi connectivity index (χ1n) is 6.79. The van der Waals surface area contributed by atoms with E-state index in [4.69, 9.17) is 0 Å². The molecule has 1 amide bonds. The van der Waals surface area contributed by atoms with Crippen molar-refractivity contribution in [3.63, 3.8) is 0 Å². The minimum absolute atomic E-state index is 0.215. The van der Waals surface area contributed by atoms with E-state index in [0.717, 1.165) is 36.3 Å². The Morgan fingerprint density at radius 3 is 2.89 bits per heavy atom.